The van der Waals surface area contributed by atoms with Crippen LogP contribution in [0.15, 0.2) is 42.6 Å². The van der Waals surface area contributed by atoms with Gasteiger partial charge in [-0.25, -0.2) is 4.98 Å². The third-order valence-electron chi connectivity index (χ3n) is 5.20. The summed E-state index contributed by atoms with van der Waals surface area (Å²) in [5.41, 5.74) is 4.05. The zero-order valence-electron chi connectivity index (χ0n) is 15.4. The summed E-state index contributed by atoms with van der Waals surface area (Å²) in [6.07, 6.45) is 3.06. The summed E-state index contributed by atoms with van der Waals surface area (Å²) in [6, 6.07) is 12.7. The number of nitrogens with zero attached hydrogens (tertiary/aromatic N) is 3. The third-order valence-corrected chi connectivity index (χ3v) is 5.20. The van der Waals surface area contributed by atoms with Crippen LogP contribution in [0, 0.1) is 6.92 Å². The van der Waals surface area contributed by atoms with Crippen LogP contribution in [0.1, 0.15) is 11.1 Å². The maximum Gasteiger partial charge on any atom is 0.213 e. The van der Waals surface area contributed by atoms with E-state index in [1.54, 1.807) is 6.20 Å². The monoisotopic (exact) mass is 353 g/mol. The van der Waals surface area contributed by atoms with Gasteiger partial charge in [-0.2, -0.15) is 0 Å². The molecule has 1 fully saturated rings. The lowest BCUT2D eigenvalue weighted by atomic mass is 10.2. The van der Waals surface area contributed by atoms with Crippen molar-refractivity contribution in [1.82, 2.24) is 9.88 Å². The van der Waals surface area contributed by atoms with E-state index >= 15 is 0 Å². The molecule has 1 aromatic carbocycles. The fourth-order valence-corrected chi connectivity index (χ4v) is 3.75. The standard InChI is InChI=1S/C21H27N3O2/c1-17-6-8-22-21(14-17)26-16-19-15-23(12-13-25-19)10-11-24-9-7-18-4-2-3-5-20(18)24/h2-6,8,14,19H,7,9-13,15-16H2,1H3. The average Bonchev–Trinajstić information content (AvgIpc) is 3.08. The van der Waals surface area contributed by atoms with Crippen LogP contribution in [0.25, 0.3) is 0 Å². The van der Waals surface area contributed by atoms with Gasteiger partial charge in [0.15, 0.2) is 0 Å². The van der Waals surface area contributed by atoms with Gasteiger partial charge in [0.1, 0.15) is 12.7 Å². The van der Waals surface area contributed by atoms with Crippen molar-refractivity contribution in [3.8, 4) is 5.88 Å². The molecule has 3 heterocycles. The Kier molecular flexibility index (Phi) is 5.37. The van der Waals surface area contributed by atoms with E-state index in [4.69, 9.17) is 9.47 Å². The Bertz CT molecular complexity index is 737. The molecule has 2 aliphatic rings. The first-order valence-electron chi connectivity index (χ1n) is 9.50. The Hall–Kier alpha value is -2.11. The number of ether oxygens (including phenoxy) is 2. The fourth-order valence-electron chi connectivity index (χ4n) is 3.75. The van der Waals surface area contributed by atoms with Crippen LogP contribution >= 0.6 is 0 Å². The summed E-state index contributed by atoms with van der Waals surface area (Å²) in [7, 11) is 0. The second kappa shape index (κ2) is 8.06. The van der Waals surface area contributed by atoms with E-state index in [1.165, 1.54) is 17.7 Å². The molecule has 138 valence electrons. The van der Waals surface area contributed by atoms with Crippen molar-refractivity contribution >= 4 is 5.69 Å². The number of benzene rings is 1. The van der Waals surface area contributed by atoms with Crippen LogP contribution in [0.3, 0.4) is 0 Å². The Balaban J connectivity index is 1.25. The van der Waals surface area contributed by atoms with Crippen LogP contribution in [0.5, 0.6) is 5.88 Å². The molecule has 0 aliphatic carbocycles. The van der Waals surface area contributed by atoms with Gasteiger partial charge in [0.05, 0.1) is 6.61 Å². The number of para-hydroxylation sites is 1. The van der Waals surface area contributed by atoms with Crippen LogP contribution < -0.4 is 9.64 Å². The third kappa shape index (κ3) is 4.17. The van der Waals surface area contributed by atoms with Crippen molar-refractivity contribution in [3.63, 3.8) is 0 Å². The Morgan fingerprint density at radius 3 is 3.04 bits per heavy atom. The second-order valence-electron chi connectivity index (χ2n) is 7.14. The summed E-state index contributed by atoms with van der Waals surface area (Å²) >= 11 is 0. The Morgan fingerprint density at radius 2 is 2.12 bits per heavy atom. The van der Waals surface area contributed by atoms with E-state index in [9.17, 15) is 0 Å². The molecule has 2 aliphatic heterocycles. The van der Waals surface area contributed by atoms with Gasteiger partial charge in [-0.3, -0.25) is 4.90 Å². The van der Waals surface area contributed by atoms with Crippen LogP contribution in [0.2, 0.25) is 0 Å². The number of aryl methyl sites for hydroxylation is 1. The summed E-state index contributed by atoms with van der Waals surface area (Å²) in [4.78, 5) is 9.25. The number of morpholine rings is 1. The topological polar surface area (TPSA) is 37.8 Å². The molecule has 0 bridgehead atoms. The highest BCUT2D eigenvalue weighted by Gasteiger charge is 2.23. The molecule has 5 heteroatoms. The van der Waals surface area contributed by atoms with Crippen LogP contribution in [-0.4, -0.2) is 61.9 Å². The quantitative estimate of drug-likeness (QED) is 0.798. The van der Waals surface area contributed by atoms with Gasteiger partial charge in [0.2, 0.25) is 5.88 Å². The Morgan fingerprint density at radius 1 is 1.19 bits per heavy atom. The molecule has 4 rings (SSSR count). The fraction of sp³-hybridized carbons (Fsp3) is 0.476. The zero-order valence-corrected chi connectivity index (χ0v) is 15.4. The number of hydrogen-bond donors (Lipinski definition) is 0. The number of pyridine rings is 1. The van der Waals surface area contributed by atoms with Crippen LogP contribution in [0.4, 0.5) is 5.69 Å². The first-order valence-corrected chi connectivity index (χ1v) is 9.50. The largest absolute Gasteiger partial charge is 0.475 e. The molecule has 0 amide bonds. The average molecular weight is 353 g/mol. The van der Waals surface area contributed by atoms with E-state index in [1.807, 2.05) is 19.1 Å². The molecule has 0 N–H and O–H groups in total. The normalized spacial score (nSPS) is 20.2. The maximum absolute atomic E-state index is 5.88. The van der Waals surface area contributed by atoms with Crippen molar-refractivity contribution in [2.75, 3.05) is 50.8 Å². The SMILES string of the molecule is Cc1ccnc(OCC2CN(CCN3CCc4ccccc43)CCO2)c1. The van der Waals surface area contributed by atoms with Gasteiger partial charge in [-0.05, 0) is 36.6 Å². The van der Waals surface area contributed by atoms with Gasteiger partial charge < -0.3 is 14.4 Å². The molecule has 1 atom stereocenters. The molecule has 0 spiro atoms. The molecule has 1 saturated heterocycles. The first-order chi connectivity index (χ1) is 12.8. The van der Waals surface area contributed by atoms with E-state index in [0.717, 1.165) is 44.9 Å². The zero-order chi connectivity index (χ0) is 17.8. The van der Waals surface area contributed by atoms with E-state index in [0.29, 0.717) is 12.5 Å². The lowest BCUT2D eigenvalue weighted by Gasteiger charge is -2.34. The second-order valence-corrected chi connectivity index (χ2v) is 7.14. The minimum absolute atomic E-state index is 0.108. The van der Waals surface area contributed by atoms with Crippen molar-refractivity contribution in [3.05, 3.63) is 53.7 Å². The molecule has 0 radical (unpaired) electrons. The minimum atomic E-state index is 0.108. The number of fused-ring (bicyclic) bond motifs is 1. The van der Waals surface area contributed by atoms with Crippen molar-refractivity contribution in [2.24, 2.45) is 0 Å². The highest BCUT2D eigenvalue weighted by molar-refractivity contribution is 5.57. The lowest BCUT2D eigenvalue weighted by molar-refractivity contribution is -0.0476. The highest BCUT2D eigenvalue weighted by Crippen LogP contribution is 2.27. The van der Waals surface area contributed by atoms with Crippen molar-refractivity contribution in [1.29, 1.82) is 0 Å². The predicted molar refractivity (Wildman–Crippen MR) is 103 cm³/mol. The van der Waals surface area contributed by atoms with Gasteiger partial charge in [-0.1, -0.05) is 18.2 Å². The summed E-state index contributed by atoms with van der Waals surface area (Å²) in [5.74, 6) is 0.680. The minimum Gasteiger partial charge on any atom is -0.475 e. The number of aromatic nitrogens is 1. The maximum atomic E-state index is 5.88. The van der Waals surface area contributed by atoms with Gasteiger partial charge in [0.25, 0.3) is 0 Å². The molecule has 1 aromatic heterocycles. The van der Waals surface area contributed by atoms with E-state index < -0.39 is 0 Å². The van der Waals surface area contributed by atoms with Gasteiger partial charge in [0, 0.05) is 50.7 Å². The van der Waals surface area contributed by atoms with Gasteiger partial charge >= 0.3 is 0 Å². The molecule has 5 nitrogen and oxygen atoms in total. The number of anilines is 1. The predicted octanol–water partition coefficient (Wildman–Crippen LogP) is 2.53. The van der Waals surface area contributed by atoms with Crippen molar-refractivity contribution < 1.29 is 9.47 Å². The molecular formula is C21H27N3O2. The van der Waals surface area contributed by atoms with E-state index in [2.05, 4.69) is 39.0 Å². The number of hydrogen-bond acceptors (Lipinski definition) is 5. The van der Waals surface area contributed by atoms with E-state index in [-0.39, 0.29) is 6.10 Å². The van der Waals surface area contributed by atoms with Crippen molar-refractivity contribution in [2.45, 2.75) is 19.4 Å². The summed E-state index contributed by atoms with van der Waals surface area (Å²) in [6.45, 7) is 8.56. The highest BCUT2D eigenvalue weighted by atomic mass is 16.5. The first kappa shape index (κ1) is 17.3. The smallest absolute Gasteiger partial charge is 0.213 e. The van der Waals surface area contributed by atoms with Gasteiger partial charge in [-0.15, -0.1) is 0 Å². The Labute approximate surface area is 155 Å². The van der Waals surface area contributed by atoms with Crippen LogP contribution in [-0.2, 0) is 11.2 Å². The lowest BCUT2D eigenvalue weighted by Crippen LogP contribution is -2.47. The molecule has 2 aromatic rings. The summed E-state index contributed by atoms with van der Waals surface area (Å²) in [5, 5.41) is 0. The number of rotatable bonds is 6. The molecule has 26 heavy (non-hydrogen) atoms. The molecule has 1 unspecified atom stereocenters. The molecule has 0 saturated carbocycles. The summed E-state index contributed by atoms with van der Waals surface area (Å²) < 4.78 is 11.7. The molecular weight excluding hydrogens is 326 g/mol.